The average molecular weight is 366 g/mol. The van der Waals surface area contributed by atoms with E-state index in [1.165, 1.54) is 0 Å². The Kier molecular flexibility index (Phi) is 7.79. The van der Waals surface area contributed by atoms with Crippen LogP contribution in [0.1, 0.15) is 5.56 Å². The second-order valence-corrected chi connectivity index (χ2v) is 6.42. The number of carbonyl (C=O) groups is 1. The molecule has 0 atom stereocenters. The number of amides is 1. The molecule has 0 aliphatic carbocycles. The van der Waals surface area contributed by atoms with Gasteiger partial charge in [-0.2, -0.15) is 0 Å². The summed E-state index contributed by atoms with van der Waals surface area (Å²) in [6, 6.07) is 15.0. The van der Waals surface area contributed by atoms with Gasteiger partial charge in [0.1, 0.15) is 18.1 Å². The van der Waals surface area contributed by atoms with Crippen molar-refractivity contribution in [2.24, 2.45) is 0 Å². The topological polar surface area (TPSA) is 47.6 Å². The van der Waals surface area contributed by atoms with Crippen molar-refractivity contribution < 1.29 is 14.3 Å². The van der Waals surface area contributed by atoms with Gasteiger partial charge in [0.25, 0.3) is 0 Å². The van der Waals surface area contributed by atoms with Crippen LogP contribution in [-0.4, -0.2) is 31.9 Å². The third-order valence-electron chi connectivity index (χ3n) is 3.14. The van der Waals surface area contributed by atoms with Gasteiger partial charge in [-0.25, -0.2) is 0 Å². The van der Waals surface area contributed by atoms with Gasteiger partial charge in [0.05, 0.1) is 19.4 Å². The highest BCUT2D eigenvalue weighted by molar-refractivity contribution is 7.99. The van der Waals surface area contributed by atoms with Crippen LogP contribution in [-0.2, 0) is 10.5 Å². The van der Waals surface area contributed by atoms with E-state index in [-0.39, 0.29) is 5.91 Å². The van der Waals surface area contributed by atoms with Crippen molar-refractivity contribution in [3.63, 3.8) is 0 Å². The summed E-state index contributed by atoms with van der Waals surface area (Å²) < 4.78 is 10.6. The summed E-state index contributed by atoms with van der Waals surface area (Å²) in [4.78, 5) is 11.8. The predicted molar refractivity (Wildman–Crippen MR) is 99.1 cm³/mol. The molecule has 2 rings (SSSR count). The van der Waals surface area contributed by atoms with Crippen molar-refractivity contribution in [3.05, 3.63) is 59.1 Å². The molecule has 0 fully saturated rings. The fourth-order valence-electron chi connectivity index (χ4n) is 1.97. The minimum atomic E-state index is 0.000332. The smallest absolute Gasteiger partial charge is 0.230 e. The SMILES string of the molecule is COc1ccc(OCCNC(=O)CSCc2cccc(Cl)c2)cc1. The van der Waals surface area contributed by atoms with E-state index in [4.69, 9.17) is 21.1 Å². The van der Waals surface area contributed by atoms with Crippen LogP contribution in [0.3, 0.4) is 0 Å². The minimum absolute atomic E-state index is 0.000332. The van der Waals surface area contributed by atoms with Crippen molar-refractivity contribution in [3.8, 4) is 11.5 Å². The van der Waals surface area contributed by atoms with Crippen LogP contribution in [0.4, 0.5) is 0 Å². The molecule has 0 saturated heterocycles. The number of nitrogens with one attached hydrogen (secondary N) is 1. The Labute approximate surface area is 151 Å². The van der Waals surface area contributed by atoms with Gasteiger partial charge in [0.2, 0.25) is 5.91 Å². The first-order chi connectivity index (χ1) is 11.7. The number of benzene rings is 2. The highest BCUT2D eigenvalue weighted by Gasteiger charge is 2.02. The molecule has 2 aromatic carbocycles. The Hall–Kier alpha value is -1.85. The van der Waals surface area contributed by atoms with Crippen molar-refractivity contribution in [2.75, 3.05) is 26.0 Å². The third kappa shape index (κ3) is 6.72. The summed E-state index contributed by atoms with van der Waals surface area (Å²) in [5.41, 5.74) is 1.11. The van der Waals surface area contributed by atoms with Crippen LogP contribution >= 0.6 is 23.4 Å². The molecule has 0 aromatic heterocycles. The van der Waals surface area contributed by atoms with Crippen LogP contribution in [0, 0.1) is 0 Å². The van der Waals surface area contributed by atoms with Crippen LogP contribution in [0.15, 0.2) is 48.5 Å². The zero-order chi connectivity index (χ0) is 17.2. The standard InChI is InChI=1S/C18H20ClNO3S/c1-22-16-5-7-17(8-6-16)23-10-9-20-18(21)13-24-12-14-3-2-4-15(19)11-14/h2-8,11H,9-10,12-13H2,1H3,(H,20,21). The second-order valence-electron chi connectivity index (χ2n) is 5.00. The van der Waals surface area contributed by atoms with Crippen molar-refractivity contribution in [2.45, 2.75) is 5.75 Å². The number of methoxy groups -OCH3 is 1. The van der Waals surface area contributed by atoms with Crippen molar-refractivity contribution in [1.82, 2.24) is 5.32 Å². The third-order valence-corrected chi connectivity index (χ3v) is 4.38. The molecule has 6 heteroatoms. The lowest BCUT2D eigenvalue weighted by atomic mass is 10.2. The van der Waals surface area contributed by atoms with E-state index in [1.54, 1.807) is 18.9 Å². The molecule has 0 bridgehead atoms. The number of carbonyl (C=O) groups excluding carboxylic acids is 1. The van der Waals surface area contributed by atoms with Crippen molar-refractivity contribution in [1.29, 1.82) is 0 Å². The number of ether oxygens (including phenoxy) is 2. The Balaban J connectivity index is 1.57. The lowest BCUT2D eigenvalue weighted by Crippen LogP contribution is -2.29. The van der Waals surface area contributed by atoms with E-state index in [0.29, 0.717) is 23.9 Å². The number of thioether (sulfide) groups is 1. The molecule has 4 nitrogen and oxygen atoms in total. The van der Waals surface area contributed by atoms with Crippen LogP contribution < -0.4 is 14.8 Å². The molecule has 24 heavy (non-hydrogen) atoms. The molecule has 0 aliphatic rings. The van der Waals surface area contributed by atoms with Gasteiger partial charge in [0.15, 0.2) is 0 Å². The molecule has 0 aliphatic heterocycles. The number of rotatable bonds is 9. The maximum Gasteiger partial charge on any atom is 0.230 e. The Morgan fingerprint density at radius 1 is 1.17 bits per heavy atom. The first kappa shape index (κ1) is 18.5. The van der Waals surface area contributed by atoms with E-state index in [1.807, 2.05) is 48.5 Å². The van der Waals surface area contributed by atoms with Crippen LogP contribution in [0.2, 0.25) is 5.02 Å². The monoisotopic (exact) mass is 365 g/mol. The molecule has 0 spiro atoms. The Bertz CT molecular complexity index is 649. The molecular formula is C18H20ClNO3S. The predicted octanol–water partition coefficient (Wildman–Crippen LogP) is 3.78. The summed E-state index contributed by atoms with van der Waals surface area (Å²) in [6.45, 7) is 0.902. The number of hydrogen-bond donors (Lipinski definition) is 1. The molecule has 0 unspecified atom stereocenters. The fraction of sp³-hybridized carbons (Fsp3) is 0.278. The summed E-state index contributed by atoms with van der Waals surface area (Å²) in [7, 11) is 1.62. The molecule has 1 amide bonds. The molecule has 0 heterocycles. The van der Waals surface area contributed by atoms with Gasteiger partial charge < -0.3 is 14.8 Å². The largest absolute Gasteiger partial charge is 0.497 e. The quantitative estimate of drug-likeness (QED) is 0.687. The maximum atomic E-state index is 11.8. The van der Waals surface area contributed by atoms with Gasteiger partial charge in [-0.3, -0.25) is 4.79 Å². The first-order valence-electron chi connectivity index (χ1n) is 7.53. The van der Waals surface area contributed by atoms with Gasteiger partial charge in [-0.05, 0) is 42.0 Å². The fourth-order valence-corrected chi connectivity index (χ4v) is 2.99. The number of hydrogen-bond acceptors (Lipinski definition) is 4. The first-order valence-corrected chi connectivity index (χ1v) is 9.06. The second kappa shape index (κ2) is 10.1. The Morgan fingerprint density at radius 3 is 2.62 bits per heavy atom. The molecule has 0 radical (unpaired) electrons. The summed E-state index contributed by atoms with van der Waals surface area (Å²) in [5.74, 6) is 2.71. The van der Waals surface area contributed by atoms with Gasteiger partial charge in [-0.1, -0.05) is 23.7 Å². The molecule has 0 saturated carbocycles. The van der Waals surface area contributed by atoms with E-state index in [2.05, 4.69) is 5.32 Å². The highest BCUT2D eigenvalue weighted by atomic mass is 35.5. The minimum Gasteiger partial charge on any atom is -0.497 e. The lowest BCUT2D eigenvalue weighted by molar-refractivity contribution is -0.118. The van der Waals surface area contributed by atoms with Gasteiger partial charge in [-0.15, -0.1) is 11.8 Å². The zero-order valence-corrected chi connectivity index (χ0v) is 15.0. The zero-order valence-electron chi connectivity index (χ0n) is 13.5. The summed E-state index contributed by atoms with van der Waals surface area (Å²) >= 11 is 7.49. The van der Waals surface area contributed by atoms with Crippen LogP contribution in [0.25, 0.3) is 0 Å². The molecule has 2 aromatic rings. The average Bonchev–Trinajstić information content (AvgIpc) is 2.59. The molecular weight excluding hydrogens is 346 g/mol. The van der Waals surface area contributed by atoms with Gasteiger partial charge in [0, 0.05) is 10.8 Å². The lowest BCUT2D eigenvalue weighted by Gasteiger charge is -2.08. The highest BCUT2D eigenvalue weighted by Crippen LogP contribution is 2.17. The van der Waals surface area contributed by atoms with Crippen molar-refractivity contribution >= 4 is 29.3 Å². The van der Waals surface area contributed by atoms with E-state index < -0.39 is 0 Å². The van der Waals surface area contributed by atoms with Gasteiger partial charge >= 0.3 is 0 Å². The van der Waals surface area contributed by atoms with E-state index in [0.717, 1.165) is 22.8 Å². The summed E-state index contributed by atoms with van der Waals surface area (Å²) in [5, 5.41) is 3.55. The van der Waals surface area contributed by atoms with E-state index >= 15 is 0 Å². The molecule has 1 N–H and O–H groups in total. The summed E-state index contributed by atoms with van der Waals surface area (Å²) in [6.07, 6.45) is 0. The van der Waals surface area contributed by atoms with Crippen LogP contribution in [0.5, 0.6) is 11.5 Å². The number of halogens is 1. The van der Waals surface area contributed by atoms with E-state index in [9.17, 15) is 4.79 Å². The maximum absolute atomic E-state index is 11.8. The Morgan fingerprint density at radius 2 is 1.92 bits per heavy atom. The normalized spacial score (nSPS) is 10.2. The molecule has 128 valence electrons.